The monoisotopic (exact) mass is 671 g/mol. The molecule has 0 bridgehead atoms. The van der Waals surface area contributed by atoms with Gasteiger partial charge in [-0.2, -0.15) is 0 Å². The number of alkyl halides is 1. The van der Waals surface area contributed by atoms with E-state index in [1.165, 1.54) is 0 Å². The smallest absolute Gasteiger partial charge is 0.243 e. The van der Waals surface area contributed by atoms with Crippen molar-refractivity contribution in [2.45, 2.75) is 18.2 Å². The number of amides is 1. The Bertz CT molecular complexity index is 1290. The van der Waals surface area contributed by atoms with Crippen molar-refractivity contribution >= 4 is 93.6 Å². The lowest BCUT2D eigenvalue weighted by molar-refractivity contribution is -0.117. The van der Waals surface area contributed by atoms with Crippen molar-refractivity contribution in [1.82, 2.24) is 9.80 Å². The van der Waals surface area contributed by atoms with E-state index in [0.29, 0.717) is 37.5 Å². The second-order valence-electron chi connectivity index (χ2n) is 8.26. The van der Waals surface area contributed by atoms with Crippen molar-refractivity contribution < 1.29 is 15.0 Å². The van der Waals surface area contributed by atoms with E-state index in [9.17, 15) is 4.79 Å². The van der Waals surface area contributed by atoms with Crippen LogP contribution in [0.25, 0.3) is 0 Å². The molecule has 1 aliphatic heterocycles. The highest BCUT2D eigenvalue weighted by atomic mass is 35.5. The van der Waals surface area contributed by atoms with Gasteiger partial charge in [-0.15, -0.1) is 12.4 Å². The number of anilines is 1. The Labute approximate surface area is 263 Å². The zero-order valence-corrected chi connectivity index (χ0v) is 25.4. The maximum Gasteiger partial charge on any atom is 0.243 e. The largest absolute Gasteiger partial charge is 0.412 e. The molecule has 1 aliphatic rings. The molecule has 3 aromatic carbocycles. The van der Waals surface area contributed by atoms with Gasteiger partial charge in [0.1, 0.15) is 11.6 Å². The Balaban J connectivity index is 0.00000267. The van der Waals surface area contributed by atoms with Crippen molar-refractivity contribution in [3.8, 4) is 0 Å². The number of carbonyl (C=O) groups excluding carboxylic acids is 1. The molecule has 0 aliphatic carbocycles. The second kappa shape index (κ2) is 15.4. The number of carbonyl (C=O) groups is 1. The lowest BCUT2D eigenvalue weighted by Crippen LogP contribution is -2.38. The maximum atomic E-state index is 12.6. The average Bonchev–Trinajstić information content (AvgIpc) is 3.31. The van der Waals surface area contributed by atoms with Gasteiger partial charge < -0.3 is 25.3 Å². The van der Waals surface area contributed by atoms with Gasteiger partial charge >= 0.3 is 0 Å². The van der Waals surface area contributed by atoms with Gasteiger partial charge in [0.25, 0.3) is 0 Å². The minimum atomic E-state index is -0.595. The summed E-state index contributed by atoms with van der Waals surface area (Å²) in [6.45, 7) is 0.700. The lowest BCUT2D eigenvalue weighted by Gasteiger charge is -2.31. The molecule has 0 saturated carbocycles. The number of benzene rings is 3. The lowest BCUT2D eigenvalue weighted by atomic mass is 10.1. The third-order valence-corrected chi connectivity index (χ3v) is 7.43. The summed E-state index contributed by atoms with van der Waals surface area (Å²) in [5.41, 5.74) is 1.52. The average molecular weight is 675 g/mol. The summed E-state index contributed by atoms with van der Waals surface area (Å²) in [6.07, 6.45) is 3.09. The van der Waals surface area contributed by atoms with Crippen LogP contribution in [-0.4, -0.2) is 39.9 Å². The normalized spacial score (nSPS) is 13.9. The molecule has 1 amide bonds. The fraction of sp³-hybridized carbons (Fsp3) is 0.192. The summed E-state index contributed by atoms with van der Waals surface area (Å²) < 4.78 is 6.27. The molecule has 3 aromatic rings. The number of hydrogen-bond acceptors (Lipinski definition) is 4. The molecule has 2 atom stereocenters. The first-order valence-electron chi connectivity index (χ1n) is 11.1. The van der Waals surface area contributed by atoms with E-state index in [1.807, 2.05) is 34.2 Å². The molecule has 0 fully saturated rings. The number of hydrogen-bond donors (Lipinski definition) is 1. The first-order valence-corrected chi connectivity index (χ1v) is 13.4. The first-order chi connectivity index (χ1) is 17.7. The van der Waals surface area contributed by atoms with Crippen LogP contribution in [0, 0.1) is 0 Å². The molecule has 2 unspecified atom stereocenters. The standard InChI is InChI=1S/C26H21Cl6N3O2.ClH.H2O/c27-18-4-1-16(2-5-18)25(37-14-17-3-6-19(28)11-21(17)30)26(32)35-10-9-34(15-35)13-24(36)33-23-8-7-20(29)12-22(23)31;;/h1-12,25-26H,13-15H2,(H,33,36);1H;1H2. The Morgan fingerprint density at radius 2 is 1.49 bits per heavy atom. The van der Waals surface area contributed by atoms with E-state index in [0.717, 1.165) is 11.1 Å². The summed E-state index contributed by atoms with van der Waals surface area (Å²) in [5.74, 6) is -0.232. The Morgan fingerprint density at radius 1 is 0.872 bits per heavy atom. The zero-order valence-electron chi connectivity index (χ0n) is 20.1. The molecule has 0 aromatic heterocycles. The fourth-order valence-corrected chi connectivity index (χ4v) is 5.08. The Kier molecular flexibility index (Phi) is 13.3. The van der Waals surface area contributed by atoms with Crippen molar-refractivity contribution in [3.05, 3.63) is 109 Å². The van der Waals surface area contributed by atoms with Crippen LogP contribution in [-0.2, 0) is 16.1 Å². The predicted molar refractivity (Wildman–Crippen MR) is 164 cm³/mol. The maximum absolute atomic E-state index is 12.6. The minimum absolute atomic E-state index is 0. The minimum Gasteiger partial charge on any atom is -0.412 e. The molecule has 6 nitrogen and oxygen atoms in total. The molecule has 0 saturated heterocycles. The third kappa shape index (κ3) is 9.22. The van der Waals surface area contributed by atoms with Gasteiger partial charge in [-0.1, -0.05) is 87.8 Å². The predicted octanol–water partition coefficient (Wildman–Crippen LogP) is 8.06. The zero-order chi connectivity index (χ0) is 26.5. The number of ether oxygens (including phenoxy) is 1. The molecule has 3 N–H and O–H groups in total. The Morgan fingerprint density at radius 3 is 2.13 bits per heavy atom. The topological polar surface area (TPSA) is 76.3 Å². The fourth-order valence-electron chi connectivity index (χ4n) is 3.69. The number of rotatable bonds is 9. The van der Waals surface area contributed by atoms with Gasteiger partial charge in [-0.25, -0.2) is 0 Å². The van der Waals surface area contributed by atoms with E-state index < -0.39 is 11.6 Å². The SMILES string of the molecule is Cl.O.O=C(CN1C=CN(C(Cl)C(OCc2ccc(Cl)cc2Cl)c2ccc(Cl)cc2)C1)Nc1ccc(Cl)cc1Cl. The van der Waals surface area contributed by atoms with Gasteiger partial charge in [0.2, 0.25) is 5.91 Å². The van der Waals surface area contributed by atoms with Crippen LogP contribution < -0.4 is 5.32 Å². The van der Waals surface area contributed by atoms with E-state index in [-0.39, 0.29) is 36.9 Å². The summed E-state index contributed by atoms with van der Waals surface area (Å²) in [6, 6.07) is 17.4. The van der Waals surface area contributed by atoms with Crippen LogP contribution in [0.5, 0.6) is 0 Å². The number of nitrogens with zero attached hydrogens (tertiary/aromatic N) is 2. The summed E-state index contributed by atoms with van der Waals surface area (Å²) in [7, 11) is 0. The molecule has 1 heterocycles. The highest BCUT2D eigenvalue weighted by Gasteiger charge is 2.30. The molecule has 210 valence electrons. The highest BCUT2D eigenvalue weighted by molar-refractivity contribution is 6.37. The number of nitrogens with one attached hydrogen (secondary N) is 1. The summed E-state index contributed by atoms with van der Waals surface area (Å²) >= 11 is 37.5. The van der Waals surface area contributed by atoms with Crippen LogP contribution in [0.15, 0.2) is 73.1 Å². The quantitative estimate of drug-likeness (QED) is 0.184. The second-order valence-corrected chi connectivity index (χ2v) is 10.8. The van der Waals surface area contributed by atoms with Crippen molar-refractivity contribution in [3.63, 3.8) is 0 Å². The molecular formula is C26H24Cl7N3O3. The van der Waals surface area contributed by atoms with E-state index in [4.69, 9.17) is 74.3 Å². The van der Waals surface area contributed by atoms with Crippen LogP contribution >= 0.6 is 82.0 Å². The summed E-state index contributed by atoms with van der Waals surface area (Å²) in [5, 5.41) is 5.31. The molecule has 0 radical (unpaired) electrons. The molecular weight excluding hydrogens is 650 g/mol. The molecule has 0 spiro atoms. The van der Waals surface area contributed by atoms with Gasteiger partial charge in [-0.05, 0) is 53.6 Å². The van der Waals surface area contributed by atoms with E-state index in [2.05, 4.69) is 5.32 Å². The summed E-state index contributed by atoms with van der Waals surface area (Å²) in [4.78, 5) is 16.3. The van der Waals surface area contributed by atoms with Crippen LogP contribution in [0.2, 0.25) is 25.1 Å². The van der Waals surface area contributed by atoms with Crippen LogP contribution in [0.1, 0.15) is 17.2 Å². The van der Waals surface area contributed by atoms with Crippen LogP contribution in [0.4, 0.5) is 5.69 Å². The molecule has 13 heteroatoms. The van der Waals surface area contributed by atoms with Gasteiger partial charge in [-0.3, -0.25) is 4.79 Å². The van der Waals surface area contributed by atoms with Gasteiger partial charge in [0, 0.05) is 32.5 Å². The number of halogens is 7. The van der Waals surface area contributed by atoms with Gasteiger partial charge in [0.05, 0.1) is 30.5 Å². The Hall–Kier alpha value is -1.58. The van der Waals surface area contributed by atoms with Crippen molar-refractivity contribution in [2.75, 3.05) is 18.5 Å². The van der Waals surface area contributed by atoms with Crippen molar-refractivity contribution in [1.29, 1.82) is 0 Å². The highest BCUT2D eigenvalue weighted by Crippen LogP contribution is 2.33. The molecule has 4 rings (SSSR count). The van der Waals surface area contributed by atoms with Crippen LogP contribution in [0.3, 0.4) is 0 Å². The van der Waals surface area contributed by atoms with E-state index >= 15 is 0 Å². The van der Waals surface area contributed by atoms with Gasteiger partial charge in [0.15, 0.2) is 0 Å². The van der Waals surface area contributed by atoms with Crippen molar-refractivity contribution in [2.24, 2.45) is 0 Å². The molecule has 39 heavy (non-hydrogen) atoms. The third-order valence-electron chi connectivity index (χ3n) is 5.56. The van der Waals surface area contributed by atoms with E-state index in [1.54, 1.807) is 48.7 Å². The first kappa shape index (κ1) is 33.6.